The van der Waals surface area contributed by atoms with Gasteiger partial charge in [-0.1, -0.05) is 18.2 Å². The SMILES string of the molecule is Cc1c2n(c(OC[C@@H]3COCCO3)cc1=O)CCc1cc(-c3ccccn3)ccc1-2. The fourth-order valence-electron chi connectivity index (χ4n) is 4.18. The molecule has 5 rings (SSSR count). The first-order valence-corrected chi connectivity index (χ1v) is 10.3. The average molecular weight is 404 g/mol. The van der Waals surface area contributed by atoms with Crippen molar-refractivity contribution in [2.45, 2.75) is 26.0 Å². The van der Waals surface area contributed by atoms with Gasteiger partial charge in [-0.15, -0.1) is 0 Å². The molecule has 0 radical (unpaired) electrons. The molecule has 6 nitrogen and oxygen atoms in total. The van der Waals surface area contributed by atoms with E-state index in [-0.39, 0.29) is 11.5 Å². The van der Waals surface area contributed by atoms with Crippen LogP contribution in [0.1, 0.15) is 11.1 Å². The Kier molecular flexibility index (Phi) is 5.11. The Hall–Kier alpha value is -2.96. The number of hydrogen-bond donors (Lipinski definition) is 0. The van der Waals surface area contributed by atoms with Crippen molar-refractivity contribution in [3.63, 3.8) is 0 Å². The molecular formula is C24H24N2O4. The Bertz CT molecular complexity index is 1120. The van der Waals surface area contributed by atoms with E-state index < -0.39 is 0 Å². The second-order valence-corrected chi connectivity index (χ2v) is 7.69. The highest BCUT2D eigenvalue weighted by atomic mass is 16.6. The molecule has 0 unspecified atom stereocenters. The molecule has 1 atom stereocenters. The molecule has 4 heterocycles. The fraction of sp³-hybridized carbons (Fsp3) is 0.333. The van der Waals surface area contributed by atoms with E-state index in [1.54, 1.807) is 12.3 Å². The van der Waals surface area contributed by atoms with Gasteiger partial charge in [0.2, 0.25) is 0 Å². The molecule has 2 aliphatic heterocycles. The zero-order valence-electron chi connectivity index (χ0n) is 17.0. The Morgan fingerprint density at radius 3 is 2.93 bits per heavy atom. The highest BCUT2D eigenvalue weighted by Gasteiger charge is 2.23. The standard InChI is InChI=1S/C24H24N2O4/c1-16-22(27)13-23(30-15-19-14-28-10-11-29-19)26-9-7-17-12-18(5-6-20(17)24(16)26)21-4-2-3-8-25-21/h2-6,8,12-13,19H,7,9-11,14-15H2,1H3/t19-/m0/s1. The van der Waals surface area contributed by atoms with Crippen LogP contribution in [0.15, 0.2) is 53.5 Å². The van der Waals surface area contributed by atoms with Gasteiger partial charge in [-0.05, 0) is 37.1 Å². The van der Waals surface area contributed by atoms with Crippen LogP contribution >= 0.6 is 0 Å². The van der Waals surface area contributed by atoms with Crippen LogP contribution in [0.5, 0.6) is 5.88 Å². The Morgan fingerprint density at radius 1 is 1.20 bits per heavy atom. The quantitative estimate of drug-likeness (QED) is 0.668. The third-order valence-electron chi connectivity index (χ3n) is 5.74. The maximum absolute atomic E-state index is 12.7. The maximum Gasteiger partial charge on any atom is 0.197 e. The lowest BCUT2D eigenvalue weighted by Gasteiger charge is -2.28. The smallest absolute Gasteiger partial charge is 0.197 e. The first kappa shape index (κ1) is 19.0. The van der Waals surface area contributed by atoms with Crippen LogP contribution in [0.25, 0.3) is 22.5 Å². The van der Waals surface area contributed by atoms with Gasteiger partial charge in [0.25, 0.3) is 0 Å². The number of aryl methyl sites for hydroxylation is 1. The minimum absolute atomic E-state index is 0.0151. The van der Waals surface area contributed by atoms with E-state index in [0.29, 0.717) is 32.3 Å². The Balaban J connectivity index is 1.51. The lowest BCUT2D eigenvalue weighted by molar-refractivity contribution is -0.102. The van der Waals surface area contributed by atoms with Gasteiger partial charge in [0.15, 0.2) is 11.3 Å². The fourth-order valence-corrected chi connectivity index (χ4v) is 4.18. The van der Waals surface area contributed by atoms with E-state index in [1.165, 1.54) is 5.56 Å². The number of benzene rings is 1. The maximum atomic E-state index is 12.7. The van der Waals surface area contributed by atoms with Crippen molar-refractivity contribution in [2.24, 2.45) is 0 Å². The van der Waals surface area contributed by atoms with Gasteiger partial charge >= 0.3 is 0 Å². The largest absolute Gasteiger partial charge is 0.476 e. The zero-order chi connectivity index (χ0) is 20.5. The van der Waals surface area contributed by atoms with E-state index in [2.05, 4.69) is 27.8 Å². The van der Waals surface area contributed by atoms with Gasteiger partial charge in [0.05, 0.1) is 31.2 Å². The average Bonchev–Trinajstić information content (AvgIpc) is 2.81. The molecule has 0 amide bonds. The van der Waals surface area contributed by atoms with Gasteiger partial charge in [-0.2, -0.15) is 0 Å². The summed E-state index contributed by atoms with van der Waals surface area (Å²) in [5, 5.41) is 0. The third kappa shape index (κ3) is 3.53. The first-order valence-electron chi connectivity index (χ1n) is 10.3. The van der Waals surface area contributed by atoms with Crippen LogP contribution in [-0.4, -0.2) is 42.1 Å². The third-order valence-corrected chi connectivity index (χ3v) is 5.74. The van der Waals surface area contributed by atoms with E-state index >= 15 is 0 Å². The molecule has 0 spiro atoms. The molecule has 154 valence electrons. The molecule has 0 N–H and O–H groups in total. The first-order chi connectivity index (χ1) is 14.7. The summed E-state index contributed by atoms with van der Waals surface area (Å²) < 4.78 is 19.3. The molecular weight excluding hydrogens is 380 g/mol. The molecule has 30 heavy (non-hydrogen) atoms. The van der Waals surface area contributed by atoms with Crippen LogP contribution in [0, 0.1) is 6.92 Å². The van der Waals surface area contributed by atoms with Crippen LogP contribution in [0.3, 0.4) is 0 Å². The van der Waals surface area contributed by atoms with Crippen molar-refractivity contribution in [2.75, 3.05) is 26.4 Å². The predicted octanol–water partition coefficient (Wildman–Crippen LogP) is 3.24. The van der Waals surface area contributed by atoms with E-state index in [9.17, 15) is 4.79 Å². The molecule has 0 saturated carbocycles. The van der Waals surface area contributed by atoms with Crippen LogP contribution < -0.4 is 10.2 Å². The Morgan fingerprint density at radius 2 is 2.13 bits per heavy atom. The summed E-state index contributed by atoms with van der Waals surface area (Å²) in [6.07, 6.45) is 2.56. The minimum Gasteiger partial charge on any atom is -0.476 e. The monoisotopic (exact) mass is 404 g/mol. The Labute approximate surface area is 175 Å². The number of fused-ring (bicyclic) bond motifs is 3. The summed E-state index contributed by atoms with van der Waals surface area (Å²) in [7, 11) is 0. The normalized spacial score (nSPS) is 17.8. The van der Waals surface area contributed by atoms with Crippen molar-refractivity contribution >= 4 is 0 Å². The summed E-state index contributed by atoms with van der Waals surface area (Å²) in [4.78, 5) is 17.2. The lowest BCUT2D eigenvalue weighted by atomic mass is 9.92. The lowest BCUT2D eigenvalue weighted by Crippen LogP contribution is -2.34. The van der Waals surface area contributed by atoms with Crippen molar-refractivity contribution in [3.05, 3.63) is 70.0 Å². The zero-order valence-corrected chi connectivity index (χ0v) is 17.0. The molecule has 3 aromatic rings. The predicted molar refractivity (Wildman–Crippen MR) is 114 cm³/mol. The molecule has 1 fully saturated rings. The number of hydrogen-bond acceptors (Lipinski definition) is 5. The van der Waals surface area contributed by atoms with Gasteiger partial charge in [-0.25, -0.2) is 0 Å². The molecule has 0 aliphatic carbocycles. The number of ether oxygens (including phenoxy) is 3. The van der Waals surface area contributed by atoms with Crippen LogP contribution in [-0.2, 0) is 22.4 Å². The van der Waals surface area contributed by atoms with E-state index in [0.717, 1.165) is 41.0 Å². The van der Waals surface area contributed by atoms with Crippen LogP contribution in [0.2, 0.25) is 0 Å². The van der Waals surface area contributed by atoms with Crippen molar-refractivity contribution in [1.82, 2.24) is 9.55 Å². The molecule has 2 aromatic heterocycles. The summed E-state index contributed by atoms with van der Waals surface area (Å²) in [6, 6.07) is 13.9. The molecule has 2 aliphatic rings. The topological polar surface area (TPSA) is 62.6 Å². The van der Waals surface area contributed by atoms with Crippen molar-refractivity contribution in [3.8, 4) is 28.4 Å². The van der Waals surface area contributed by atoms with E-state index in [4.69, 9.17) is 14.2 Å². The van der Waals surface area contributed by atoms with Crippen molar-refractivity contribution in [1.29, 1.82) is 0 Å². The summed E-state index contributed by atoms with van der Waals surface area (Å²) >= 11 is 0. The minimum atomic E-state index is -0.108. The van der Waals surface area contributed by atoms with Gasteiger partial charge < -0.3 is 18.8 Å². The highest BCUT2D eigenvalue weighted by molar-refractivity contribution is 5.74. The van der Waals surface area contributed by atoms with Gasteiger partial charge in [-0.3, -0.25) is 9.78 Å². The molecule has 6 heteroatoms. The van der Waals surface area contributed by atoms with Crippen LogP contribution in [0.4, 0.5) is 0 Å². The number of rotatable bonds is 4. The number of nitrogens with zero attached hydrogens (tertiary/aromatic N) is 2. The molecule has 1 aromatic carbocycles. The second kappa shape index (κ2) is 8.05. The summed E-state index contributed by atoms with van der Waals surface area (Å²) in [5.41, 5.74) is 6.01. The van der Waals surface area contributed by atoms with Gasteiger partial charge in [0, 0.05) is 35.5 Å². The van der Waals surface area contributed by atoms with Crippen molar-refractivity contribution < 1.29 is 14.2 Å². The number of aromatic nitrogens is 2. The van der Waals surface area contributed by atoms with Gasteiger partial charge in [0.1, 0.15) is 12.7 Å². The summed E-state index contributed by atoms with van der Waals surface area (Å²) in [6.45, 7) is 4.72. The molecule has 0 bridgehead atoms. The second-order valence-electron chi connectivity index (χ2n) is 7.69. The highest BCUT2D eigenvalue weighted by Crippen LogP contribution is 2.35. The van der Waals surface area contributed by atoms with E-state index in [1.807, 2.05) is 25.1 Å². The summed E-state index contributed by atoms with van der Waals surface area (Å²) in [5.74, 6) is 0.592. The molecule has 1 saturated heterocycles. The number of pyridine rings is 2.